The largest absolute Gasteiger partial charge is 0.290 e. The zero-order chi connectivity index (χ0) is 20.2. The van der Waals surface area contributed by atoms with Crippen molar-refractivity contribution in [1.29, 1.82) is 0 Å². The Hall–Kier alpha value is -3.12. The van der Waals surface area contributed by atoms with Crippen LogP contribution in [0.3, 0.4) is 0 Å². The summed E-state index contributed by atoms with van der Waals surface area (Å²) in [5.74, 6) is -0.907. The highest BCUT2D eigenvalue weighted by Gasteiger charge is 2.25. The van der Waals surface area contributed by atoms with Crippen LogP contribution in [0.2, 0.25) is 5.02 Å². The van der Waals surface area contributed by atoms with Gasteiger partial charge in [0.15, 0.2) is 5.69 Å². The molecule has 1 aliphatic rings. The molecule has 0 aliphatic heterocycles. The molecule has 0 bridgehead atoms. The maximum atomic E-state index is 12.9. The fraction of sp³-hybridized carbons (Fsp3) is 0.227. The number of nitrogens with zero attached hydrogens (tertiary/aromatic N) is 2. The van der Waals surface area contributed by atoms with E-state index >= 15 is 0 Å². The first-order valence-electron chi connectivity index (χ1n) is 9.66. The summed E-state index contributed by atoms with van der Waals surface area (Å²) in [6.07, 6.45) is 4.86. The van der Waals surface area contributed by atoms with E-state index in [4.69, 9.17) is 11.6 Å². The van der Waals surface area contributed by atoms with Gasteiger partial charge in [0.05, 0.1) is 16.3 Å². The predicted molar refractivity (Wildman–Crippen MR) is 111 cm³/mol. The third kappa shape index (κ3) is 4.03. The number of hydrogen-bond acceptors (Lipinski definition) is 3. The van der Waals surface area contributed by atoms with Crippen LogP contribution in [-0.4, -0.2) is 21.6 Å². The van der Waals surface area contributed by atoms with Crippen molar-refractivity contribution >= 4 is 23.4 Å². The molecule has 6 nitrogen and oxygen atoms in total. The number of rotatable bonds is 3. The average Bonchev–Trinajstić information content (AvgIpc) is 2.94. The zero-order valence-corrected chi connectivity index (χ0v) is 16.6. The van der Waals surface area contributed by atoms with Crippen LogP contribution in [0.5, 0.6) is 0 Å². The molecule has 7 heteroatoms. The van der Waals surface area contributed by atoms with E-state index in [0.29, 0.717) is 16.3 Å². The number of halogens is 1. The summed E-state index contributed by atoms with van der Waals surface area (Å²) < 4.78 is 1.85. The van der Waals surface area contributed by atoms with Crippen LogP contribution in [0.4, 0.5) is 0 Å². The second kappa shape index (κ2) is 8.49. The number of carbonyl (C=O) groups is 2. The van der Waals surface area contributed by atoms with Gasteiger partial charge < -0.3 is 0 Å². The number of para-hydroxylation sites is 1. The van der Waals surface area contributed by atoms with E-state index in [1.54, 1.807) is 24.3 Å². The summed E-state index contributed by atoms with van der Waals surface area (Å²) >= 11 is 6.05. The Morgan fingerprint density at radius 1 is 0.862 bits per heavy atom. The summed E-state index contributed by atoms with van der Waals surface area (Å²) in [5, 5.41) is 4.92. The topological polar surface area (TPSA) is 76.0 Å². The van der Waals surface area contributed by atoms with Crippen molar-refractivity contribution in [1.82, 2.24) is 20.6 Å². The SMILES string of the molecule is O=C(NNC(=O)c1nn(-c2ccccc2)c2c1CCCCC2)c1ccccc1Cl. The smallest absolute Gasteiger partial charge is 0.267 e. The number of nitrogens with one attached hydrogen (secondary N) is 2. The third-order valence-corrected chi connectivity index (χ3v) is 5.38. The lowest BCUT2D eigenvalue weighted by atomic mass is 10.1. The molecule has 1 aliphatic carbocycles. The summed E-state index contributed by atoms with van der Waals surface area (Å²) in [5.41, 5.74) is 8.51. The maximum Gasteiger partial charge on any atom is 0.290 e. The Kier molecular flexibility index (Phi) is 5.62. The van der Waals surface area contributed by atoms with E-state index in [0.717, 1.165) is 49.0 Å². The molecular weight excluding hydrogens is 388 g/mol. The molecule has 0 spiro atoms. The second-order valence-corrected chi connectivity index (χ2v) is 7.38. The van der Waals surface area contributed by atoms with Gasteiger partial charge in [-0.05, 0) is 49.9 Å². The third-order valence-electron chi connectivity index (χ3n) is 5.05. The number of benzene rings is 2. The van der Waals surface area contributed by atoms with E-state index < -0.39 is 11.8 Å². The average molecular weight is 409 g/mol. The molecule has 0 saturated carbocycles. The molecule has 2 amide bonds. The lowest BCUT2D eigenvalue weighted by Crippen LogP contribution is -2.42. The first kappa shape index (κ1) is 19.2. The van der Waals surface area contributed by atoms with E-state index in [-0.39, 0.29) is 0 Å². The zero-order valence-electron chi connectivity index (χ0n) is 15.8. The predicted octanol–water partition coefficient (Wildman–Crippen LogP) is 3.87. The van der Waals surface area contributed by atoms with E-state index in [1.165, 1.54) is 0 Å². The van der Waals surface area contributed by atoms with Gasteiger partial charge in [-0.2, -0.15) is 5.10 Å². The van der Waals surface area contributed by atoms with E-state index in [2.05, 4.69) is 16.0 Å². The Morgan fingerprint density at radius 3 is 2.34 bits per heavy atom. The number of aromatic nitrogens is 2. The molecule has 1 heterocycles. The van der Waals surface area contributed by atoms with Crippen LogP contribution in [0.15, 0.2) is 54.6 Å². The maximum absolute atomic E-state index is 12.9. The lowest BCUT2D eigenvalue weighted by Gasteiger charge is -2.08. The Morgan fingerprint density at radius 2 is 1.55 bits per heavy atom. The minimum Gasteiger partial charge on any atom is -0.267 e. The summed E-state index contributed by atoms with van der Waals surface area (Å²) in [4.78, 5) is 25.2. The summed E-state index contributed by atoms with van der Waals surface area (Å²) in [7, 11) is 0. The van der Waals surface area contributed by atoms with Crippen molar-refractivity contribution in [2.45, 2.75) is 32.1 Å². The van der Waals surface area contributed by atoms with Gasteiger partial charge in [-0.25, -0.2) is 4.68 Å². The lowest BCUT2D eigenvalue weighted by molar-refractivity contribution is 0.0843. The molecule has 2 N–H and O–H groups in total. The number of hydrogen-bond donors (Lipinski definition) is 2. The number of amides is 2. The van der Waals surface area contributed by atoms with Crippen molar-refractivity contribution in [3.63, 3.8) is 0 Å². The van der Waals surface area contributed by atoms with Gasteiger partial charge in [0.25, 0.3) is 11.8 Å². The van der Waals surface area contributed by atoms with Gasteiger partial charge in [0.2, 0.25) is 0 Å². The van der Waals surface area contributed by atoms with Crippen molar-refractivity contribution in [2.24, 2.45) is 0 Å². The van der Waals surface area contributed by atoms with Gasteiger partial charge in [0, 0.05) is 11.3 Å². The molecule has 0 fully saturated rings. The Balaban J connectivity index is 1.59. The fourth-order valence-electron chi connectivity index (χ4n) is 3.63. The van der Waals surface area contributed by atoms with Gasteiger partial charge in [-0.1, -0.05) is 48.4 Å². The fourth-order valence-corrected chi connectivity index (χ4v) is 3.85. The standard InChI is InChI=1S/C22H21ClN4O2/c23-18-13-8-7-11-16(18)21(28)24-25-22(29)20-17-12-5-2-6-14-19(17)27(26-20)15-9-3-1-4-10-15/h1,3-4,7-11,13H,2,5-6,12,14H2,(H,24,28)(H,25,29). The van der Waals surface area contributed by atoms with Crippen molar-refractivity contribution in [3.8, 4) is 5.69 Å². The van der Waals surface area contributed by atoms with E-state index in [1.807, 2.05) is 35.0 Å². The molecule has 4 rings (SSSR count). The van der Waals surface area contributed by atoms with Crippen molar-refractivity contribution < 1.29 is 9.59 Å². The molecule has 1 aromatic heterocycles. The Bertz CT molecular complexity index is 1050. The minimum atomic E-state index is -0.475. The highest BCUT2D eigenvalue weighted by molar-refractivity contribution is 6.33. The van der Waals surface area contributed by atoms with Crippen LogP contribution in [0.25, 0.3) is 5.69 Å². The van der Waals surface area contributed by atoms with Gasteiger partial charge >= 0.3 is 0 Å². The minimum absolute atomic E-state index is 0.295. The highest BCUT2D eigenvalue weighted by atomic mass is 35.5. The summed E-state index contributed by atoms with van der Waals surface area (Å²) in [6, 6.07) is 16.5. The molecule has 3 aromatic rings. The number of hydrazine groups is 1. The van der Waals surface area contributed by atoms with Crippen LogP contribution in [0, 0.1) is 0 Å². The van der Waals surface area contributed by atoms with Crippen LogP contribution in [-0.2, 0) is 12.8 Å². The monoisotopic (exact) mass is 408 g/mol. The highest BCUT2D eigenvalue weighted by Crippen LogP contribution is 2.26. The van der Waals surface area contributed by atoms with Gasteiger partial charge in [0.1, 0.15) is 0 Å². The molecule has 29 heavy (non-hydrogen) atoms. The normalized spacial score (nSPS) is 13.3. The number of fused-ring (bicyclic) bond motifs is 1. The molecule has 0 radical (unpaired) electrons. The van der Waals surface area contributed by atoms with Crippen molar-refractivity contribution in [2.75, 3.05) is 0 Å². The van der Waals surface area contributed by atoms with Gasteiger partial charge in [-0.15, -0.1) is 0 Å². The first-order chi connectivity index (χ1) is 14.1. The van der Waals surface area contributed by atoms with Crippen LogP contribution >= 0.6 is 11.6 Å². The first-order valence-corrected chi connectivity index (χ1v) is 10.0. The molecule has 2 aromatic carbocycles. The van der Waals surface area contributed by atoms with E-state index in [9.17, 15) is 9.59 Å². The quantitative estimate of drug-likeness (QED) is 0.510. The number of carbonyl (C=O) groups excluding carboxylic acids is 2. The molecule has 148 valence electrons. The van der Waals surface area contributed by atoms with Crippen LogP contribution in [0.1, 0.15) is 51.4 Å². The van der Waals surface area contributed by atoms with Crippen molar-refractivity contribution in [3.05, 3.63) is 82.1 Å². The van der Waals surface area contributed by atoms with Crippen LogP contribution < -0.4 is 10.9 Å². The molecular formula is C22H21ClN4O2. The molecule has 0 saturated heterocycles. The summed E-state index contributed by atoms with van der Waals surface area (Å²) in [6.45, 7) is 0. The molecule has 0 unspecified atom stereocenters. The Labute approximate surface area is 173 Å². The second-order valence-electron chi connectivity index (χ2n) is 6.97. The molecule has 0 atom stereocenters. The van der Waals surface area contributed by atoms with Gasteiger partial charge in [-0.3, -0.25) is 20.4 Å².